The zero-order valence-corrected chi connectivity index (χ0v) is 25.8. The molecule has 0 aliphatic heterocycles. The van der Waals surface area contributed by atoms with Crippen molar-refractivity contribution in [2.75, 3.05) is 5.75 Å². The van der Waals surface area contributed by atoms with Crippen LogP contribution in [0.15, 0.2) is 91.3 Å². The lowest BCUT2D eigenvalue weighted by Crippen LogP contribution is -2.58. The molecule has 0 saturated carbocycles. The molecule has 8 N–H and O–H groups in total. The molecule has 0 aliphatic carbocycles. The Kier molecular flexibility index (Phi) is 10.4. The van der Waals surface area contributed by atoms with Gasteiger partial charge in [0.1, 0.15) is 18.1 Å². The van der Waals surface area contributed by atoms with Crippen LogP contribution in [0, 0.1) is 0 Å². The lowest BCUT2D eigenvalue weighted by atomic mass is 10.0. The van der Waals surface area contributed by atoms with Gasteiger partial charge >= 0.3 is 5.97 Å². The number of hydrogen-bond acceptors (Lipinski definition) is 6. The maximum absolute atomic E-state index is 14.0. The second-order valence-electron chi connectivity index (χ2n) is 11.1. The minimum Gasteiger partial charge on any atom is -0.480 e. The number of benzene rings is 3. The first kappa shape index (κ1) is 32.3. The van der Waals surface area contributed by atoms with Crippen LogP contribution >= 0.6 is 12.6 Å². The van der Waals surface area contributed by atoms with Crippen LogP contribution in [-0.4, -0.2) is 68.7 Å². The summed E-state index contributed by atoms with van der Waals surface area (Å²) < 4.78 is 0. The number of hydrogen-bond donors (Lipinski definition) is 8. The Hall–Kier alpha value is -5.07. The molecule has 5 rings (SSSR count). The number of nitrogens with one attached hydrogen (secondary N) is 5. The molecule has 238 valence electrons. The van der Waals surface area contributed by atoms with Gasteiger partial charge < -0.3 is 36.8 Å². The highest BCUT2D eigenvalue weighted by molar-refractivity contribution is 7.80. The third-order valence-electron chi connectivity index (χ3n) is 7.90. The van der Waals surface area contributed by atoms with Crippen LogP contribution in [0.2, 0.25) is 0 Å². The van der Waals surface area contributed by atoms with E-state index in [2.05, 4.69) is 38.5 Å². The first-order valence-corrected chi connectivity index (χ1v) is 15.5. The number of carbonyl (C=O) groups excluding carboxylic acids is 3. The van der Waals surface area contributed by atoms with Crippen molar-refractivity contribution < 1.29 is 24.3 Å². The van der Waals surface area contributed by atoms with Gasteiger partial charge in [-0.05, 0) is 35.2 Å². The Balaban J connectivity index is 1.39. The van der Waals surface area contributed by atoms with Gasteiger partial charge in [-0.15, -0.1) is 0 Å². The second-order valence-corrected chi connectivity index (χ2v) is 11.5. The van der Waals surface area contributed by atoms with Crippen LogP contribution < -0.4 is 21.7 Å². The van der Waals surface area contributed by atoms with Crippen LogP contribution in [0.25, 0.3) is 21.8 Å². The maximum atomic E-state index is 14.0. The van der Waals surface area contributed by atoms with Crippen molar-refractivity contribution in [3.05, 3.63) is 108 Å². The molecule has 0 bridgehead atoms. The summed E-state index contributed by atoms with van der Waals surface area (Å²) in [5.41, 5.74) is 10.6. The van der Waals surface area contributed by atoms with Crippen LogP contribution in [0.5, 0.6) is 0 Å². The van der Waals surface area contributed by atoms with Gasteiger partial charge in [0, 0.05) is 52.8 Å². The van der Waals surface area contributed by atoms with Crippen molar-refractivity contribution in [3.63, 3.8) is 0 Å². The number of carbonyl (C=O) groups is 4. The molecule has 11 nitrogen and oxygen atoms in total. The summed E-state index contributed by atoms with van der Waals surface area (Å²) in [7, 11) is 0. The average Bonchev–Trinajstić information content (AvgIpc) is 3.67. The van der Waals surface area contributed by atoms with Gasteiger partial charge in [-0.3, -0.25) is 14.4 Å². The number of aliphatic carboxylic acids is 1. The third-order valence-corrected chi connectivity index (χ3v) is 8.26. The molecule has 0 spiro atoms. The monoisotopic (exact) mass is 640 g/mol. The fourth-order valence-corrected chi connectivity index (χ4v) is 5.68. The quantitative estimate of drug-likeness (QED) is 0.0863. The SMILES string of the molecule is NC(Cc1c[nH]c2ccccc12)C(=O)NC(Cc1c[nH]c2ccccc12)C(=O)NC(Cc1ccccc1)C(=O)NC(CS)C(=O)O. The fourth-order valence-electron chi connectivity index (χ4n) is 5.43. The van der Waals surface area contributed by atoms with Gasteiger partial charge in [0.2, 0.25) is 17.7 Å². The molecule has 12 heteroatoms. The van der Waals surface area contributed by atoms with Crippen molar-refractivity contribution in [2.24, 2.45) is 5.73 Å². The number of amides is 3. The van der Waals surface area contributed by atoms with E-state index in [4.69, 9.17) is 5.73 Å². The first-order chi connectivity index (χ1) is 22.2. The normalized spacial score (nSPS) is 13.9. The number of fused-ring (bicyclic) bond motifs is 2. The van der Waals surface area contributed by atoms with Gasteiger partial charge in [-0.1, -0.05) is 66.7 Å². The van der Waals surface area contributed by atoms with Gasteiger partial charge in [-0.2, -0.15) is 12.6 Å². The first-order valence-electron chi connectivity index (χ1n) is 14.9. The van der Waals surface area contributed by atoms with Gasteiger partial charge in [0.25, 0.3) is 0 Å². The highest BCUT2D eigenvalue weighted by Crippen LogP contribution is 2.21. The number of aromatic amines is 2. The van der Waals surface area contributed by atoms with Crippen molar-refractivity contribution >= 4 is 58.1 Å². The number of aromatic nitrogens is 2. The van der Waals surface area contributed by atoms with Crippen LogP contribution in [0.3, 0.4) is 0 Å². The van der Waals surface area contributed by atoms with E-state index in [1.165, 1.54) is 0 Å². The average molecular weight is 641 g/mol. The predicted molar refractivity (Wildman–Crippen MR) is 179 cm³/mol. The Morgan fingerprint density at radius 2 is 1.13 bits per heavy atom. The number of carboxylic acid groups (broad SMARTS) is 1. The van der Waals surface area contributed by atoms with Crippen molar-refractivity contribution in [3.8, 4) is 0 Å². The molecule has 0 fully saturated rings. The number of H-pyrrole nitrogens is 2. The summed E-state index contributed by atoms with van der Waals surface area (Å²) in [5.74, 6) is -3.23. The molecule has 0 saturated heterocycles. The molecular weight excluding hydrogens is 604 g/mol. The number of nitrogens with two attached hydrogens (primary N) is 1. The standard InChI is InChI=1S/C34H36N6O5S/c35-25(15-21-17-36-26-12-6-4-10-23(21)26)31(41)38-29(16-22-18-37-27-13-7-5-11-24(22)27)33(43)39-28(14-20-8-2-1-3-9-20)32(42)40-30(19-46)34(44)45/h1-13,17-18,25,28-30,36-37,46H,14-16,19,35H2,(H,38,41)(H,39,43)(H,40,42)(H,44,45). The maximum Gasteiger partial charge on any atom is 0.327 e. The highest BCUT2D eigenvalue weighted by atomic mass is 32.1. The largest absolute Gasteiger partial charge is 0.480 e. The van der Waals surface area contributed by atoms with Crippen molar-refractivity contribution in [1.29, 1.82) is 0 Å². The number of carboxylic acids is 1. The molecule has 3 amide bonds. The minimum absolute atomic E-state index is 0.0884. The van der Waals surface area contributed by atoms with E-state index >= 15 is 0 Å². The zero-order valence-electron chi connectivity index (χ0n) is 24.9. The Bertz CT molecular complexity index is 1840. The molecule has 2 heterocycles. The summed E-state index contributed by atoms with van der Waals surface area (Å²) in [6, 6.07) is 19.8. The Morgan fingerprint density at radius 3 is 1.70 bits per heavy atom. The Labute approximate surface area is 270 Å². The molecule has 46 heavy (non-hydrogen) atoms. The van der Waals surface area contributed by atoms with E-state index in [9.17, 15) is 24.3 Å². The smallest absolute Gasteiger partial charge is 0.327 e. The van der Waals surface area contributed by atoms with Crippen LogP contribution in [0.1, 0.15) is 16.7 Å². The van der Waals surface area contributed by atoms with Crippen molar-refractivity contribution in [1.82, 2.24) is 25.9 Å². The zero-order chi connectivity index (χ0) is 32.6. The molecule has 4 unspecified atom stereocenters. The lowest BCUT2D eigenvalue weighted by molar-refractivity contribution is -0.141. The summed E-state index contributed by atoms with van der Waals surface area (Å²) in [5, 5.41) is 19.4. The van der Waals surface area contributed by atoms with E-state index in [0.717, 1.165) is 38.5 Å². The second kappa shape index (κ2) is 14.8. The number of thiol groups is 1. The topological polar surface area (TPSA) is 182 Å². The lowest BCUT2D eigenvalue weighted by Gasteiger charge is -2.25. The fraction of sp³-hybridized carbons (Fsp3) is 0.235. The summed E-state index contributed by atoms with van der Waals surface area (Å²) in [4.78, 5) is 58.8. The van der Waals surface area contributed by atoms with E-state index < -0.39 is 47.9 Å². The predicted octanol–water partition coefficient (Wildman–Crippen LogP) is 2.47. The highest BCUT2D eigenvalue weighted by Gasteiger charge is 2.31. The molecular formula is C34H36N6O5S. The number of para-hydroxylation sites is 2. The van der Waals surface area contributed by atoms with E-state index in [1.54, 1.807) is 30.5 Å². The van der Waals surface area contributed by atoms with Crippen molar-refractivity contribution in [2.45, 2.75) is 43.4 Å². The van der Waals surface area contributed by atoms with Crippen LogP contribution in [0.4, 0.5) is 0 Å². The summed E-state index contributed by atoms with van der Waals surface area (Å²) in [6.45, 7) is 0. The summed E-state index contributed by atoms with van der Waals surface area (Å²) >= 11 is 4.04. The van der Waals surface area contributed by atoms with Gasteiger partial charge in [-0.25, -0.2) is 4.79 Å². The molecule has 5 aromatic rings. The van der Waals surface area contributed by atoms with Gasteiger partial charge in [0.05, 0.1) is 6.04 Å². The molecule has 0 aliphatic rings. The molecule has 2 aromatic heterocycles. The van der Waals surface area contributed by atoms with E-state index in [1.807, 2.05) is 60.8 Å². The number of rotatable bonds is 14. The molecule has 4 atom stereocenters. The molecule has 0 radical (unpaired) electrons. The van der Waals surface area contributed by atoms with Crippen LogP contribution in [-0.2, 0) is 38.4 Å². The third kappa shape index (κ3) is 7.76. The minimum atomic E-state index is -1.25. The van der Waals surface area contributed by atoms with Gasteiger partial charge in [0.15, 0.2) is 0 Å². The van der Waals surface area contributed by atoms with E-state index in [0.29, 0.717) is 0 Å². The Morgan fingerprint density at radius 1 is 0.652 bits per heavy atom. The summed E-state index contributed by atoms with van der Waals surface area (Å²) in [6.07, 6.45) is 4.02. The van der Waals surface area contributed by atoms with E-state index in [-0.39, 0.29) is 25.0 Å². The molecule has 3 aromatic carbocycles.